The quantitative estimate of drug-likeness (QED) is 0.785. The third kappa shape index (κ3) is 3.31. The van der Waals surface area contributed by atoms with Gasteiger partial charge < -0.3 is 15.7 Å². The van der Waals surface area contributed by atoms with Crippen LogP contribution in [0, 0.1) is 11.7 Å². The standard InChI is InChI=1S/C17H23FN2O2/c18-17-12(6-5-11-3-1-2-4-14(11)17)9-20-16(22)7-13-8-19-10-15(13)21/h5-6,13,15,19,21H,1-4,7-10H2,(H,20,22)/t13-,15-/m1/s1. The second-order valence-electron chi connectivity index (χ2n) is 6.35. The van der Waals surface area contributed by atoms with Crippen molar-refractivity contribution in [2.45, 2.75) is 44.8 Å². The molecule has 2 atom stereocenters. The predicted octanol–water partition coefficient (Wildman–Crippen LogP) is 1.29. The molecule has 0 radical (unpaired) electrons. The molecule has 0 aromatic heterocycles. The molecule has 120 valence electrons. The van der Waals surface area contributed by atoms with Crippen LogP contribution in [0.5, 0.6) is 0 Å². The number of nitrogens with one attached hydrogen (secondary N) is 2. The Balaban J connectivity index is 1.58. The fraction of sp³-hybridized carbons (Fsp3) is 0.588. The van der Waals surface area contributed by atoms with Crippen LogP contribution in [0.3, 0.4) is 0 Å². The number of hydrogen-bond acceptors (Lipinski definition) is 3. The largest absolute Gasteiger partial charge is 0.391 e. The van der Waals surface area contributed by atoms with Gasteiger partial charge in [-0.25, -0.2) is 4.39 Å². The molecule has 4 nitrogen and oxygen atoms in total. The Bertz CT molecular complexity index is 562. The summed E-state index contributed by atoms with van der Waals surface area (Å²) in [7, 11) is 0. The van der Waals surface area contributed by atoms with Gasteiger partial charge in [0.15, 0.2) is 0 Å². The van der Waals surface area contributed by atoms with Gasteiger partial charge in [-0.2, -0.15) is 0 Å². The summed E-state index contributed by atoms with van der Waals surface area (Å²) in [4.78, 5) is 11.9. The van der Waals surface area contributed by atoms with Crippen LogP contribution in [-0.2, 0) is 24.2 Å². The van der Waals surface area contributed by atoms with Gasteiger partial charge in [0.05, 0.1) is 6.10 Å². The third-order valence-corrected chi connectivity index (χ3v) is 4.77. The number of benzene rings is 1. The zero-order valence-corrected chi connectivity index (χ0v) is 12.7. The molecule has 3 N–H and O–H groups in total. The van der Waals surface area contributed by atoms with Crippen molar-refractivity contribution in [2.75, 3.05) is 13.1 Å². The first-order valence-corrected chi connectivity index (χ1v) is 8.09. The maximum atomic E-state index is 14.5. The number of carbonyl (C=O) groups is 1. The van der Waals surface area contributed by atoms with Gasteiger partial charge in [0.1, 0.15) is 5.82 Å². The van der Waals surface area contributed by atoms with E-state index < -0.39 is 6.10 Å². The first-order chi connectivity index (χ1) is 10.6. The number of hydrogen-bond donors (Lipinski definition) is 3. The summed E-state index contributed by atoms with van der Waals surface area (Å²) in [6.45, 7) is 1.41. The van der Waals surface area contributed by atoms with E-state index in [1.165, 1.54) is 0 Å². The Hall–Kier alpha value is -1.46. The highest BCUT2D eigenvalue weighted by Gasteiger charge is 2.27. The maximum absolute atomic E-state index is 14.5. The highest BCUT2D eigenvalue weighted by atomic mass is 19.1. The lowest BCUT2D eigenvalue weighted by atomic mass is 9.90. The van der Waals surface area contributed by atoms with Gasteiger partial charge >= 0.3 is 0 Å². The molecule has 1 aliphatic carbocycles. The normalized spacial score (nSPS) is 24.1. The van der Waals surface area contributed by atoms with Crippen molar-refractivity contribution < 1.29 is 14.3 Å². The zero-order chi connectivity index (χ0) is 15.5. The molecule has 5 heteroatoms. The molecular weight excluding hydrogens is 283 g/mol. The van der Waals surface area contributed by atoms with Gasteiger partial charge in [-0.3, -0.25) is 4.79 Å². The molecule has 1 aliphatic heterocycles. The van der Waals surface area contributed by atoms with Crippen LogP contribution in [0.4, 0.5) is 4.39 Å². The first kappa shape index (κ1) is 15.4. The average Bonchev–Trinajstić information content (AvgIpc) is 2.92. The summed E-state index contributed by atoms with van der Waals surface area (Å²) in [5, 5.41) is 15.5. The molecule has 0 unspecified atom stereocenters. The molecule has 1 aromatic rings. The topological polar surface area (TPSA) is 61.4 Å². The van der Waals surface area contributed by atoms with Crippen LogP contribution in [0.1, 0.15) is 36.0 Å². The van der Waals surface area contributed by atoms with Crippen LogP contribution >= 0.6 is 0 Å². The number of aliphatic hydroxyl groups excluding tert-OH is 1. The van der Waals surface area contributed by atoms with Gasteiger partial charge in [-0.05, 0) is 36.8 Å². The van der Waals surface area contributed by atoms with Crippen molar-refractivity contribution in [3.05, 3.63) is 34.6 Å². The van der Waals surface area contributed by atoms with Gasteiger partial charge in [-0.15, -0.1) is 0 Å². The van der Waals surface area contributed by atoms with Gasteiger partial charge in [0, 0.05) is 37.5 Å². The van der Waals surface area contributed by atoms with E-state index in [0.717, 1.165) is 36.8 Å². The summed E-state index contributed by atoms with van der Waals surface area (Å²) in [6, 6.07) is 3.77. The highest BCUT2D eigenvalue weighted by molar-refractivity contribution is 5.76. The number of halogens is 1. The molecule has 1 amide bonds. The molecule has 22 heavy (non-hydrogen) atoms. The minimum atomic E-state index is -0.466. The minimum absolute atomic E-state index is 0.0478. The fourth-order valence-electron chi connectivity index (χ4n) is 3.40. The van der Waals surface area contributed by atoms with E-state index >= 15 is 0 Å². The Morgan fingerprint density at radius 3 is 2.91 bits per heavy atom. The van der Waals surface area contributed by atoms with Crippen molar-refractivity contribution in [2.24, 2.45) is 5.92 Å². The van der Waals surface area contributed by atoms with Crippen molar-refractivity contribution in [1.29, 1.82) is 0 Å². The second-order valence-corrected chi connectivity index (χ2v) is 6.35. The average molecular weight is 306 g/mol. The lowest BCUT2D eigenvalue weighted by Gasteiger charge is -2.18. The van der Waals surface area contributed by atoms with E-state index in [9.17, 15) is 14.3 Å². The van der Waals surface area contributed by atoms with Crippen molar-refractivity contribution in [1.82, 2.24) is 10.6 Å². The van der Waals surface area contributed by atoms with Crippen LogP contribution in [0.15, 0.2) is 12.1 Å². The third-order valence-electron chi connectivity index (χ3n) is 4.77. The molecule has 1 aromatic carbocycles. The van der Waals surface area contributed by atoms with Crippen LogP contribution in [0.25, 0.3) is 0 Å². The van der Waals surface area contributed by atoms with E-state index in [1.54, 1.807) is 6.07 Å². The second kappa shape index (κ2) is 6.75. The number of carbonyl (C=O) groups excluding carboxylic acids is 1. The van der Waals surface area contributed by atoms with Gasteiger partial charge in [-0.1, -0.05) is 12.1 Å². The van der Waals surface area contributed by atoms with E-state index in [4.69, 9.17) is 0 Å². The lowest BCUT2D eigenvalue weighted by Crippen LogP contribution is -2.29. The number of aliphatic hydroxyl groups is 1. The molecule has 1 heterocycles. The zero-order valence-electron chi connectivity index (χ0n) is 12.7. The van der Waals surface area contributed by atoms with E-state index in [-0.39, 0.29) is 30.6 Å². The summed E-state index contributed by atoms with van der Waals surface area (Å²) in [6.07, 6.45) is 3.72. The maximum Gasteiger partial charge on any atom is 0.220 e. The Morgan fingerprint density at radius 2 is 2.14 bits per heavy atom. The van der Waals surface area contributed by atoms with Crippen molar-refractivity contribution in [3.8, 4) is 0 Å². The van der Waals surface area contributed by atoms with Crippen LogP contribution < -0.4 is 10.6 Å². The molecule has 1 fully saturated rings. The molecule has 3 rings (SSSR count). The van der Waals surface area contributed by atoms with E-state index in [2.05, 4.69) is 10.6 Å². The Morgan fingerprint density at radius 1 is 1.32 bits per heavy atom. The van der Waals surface area contributed by atoms with Crippen LogP contribution in [0.2, 0.25) is 0 Å². The van der Waals surface area contributed by atoms with Gasteiger partial charge in [0.25, 0.3) is 0 Å². The minimum Gasteiger partial charge on any atom is -0.391 e. The monoisotopic (exact) mass is 306 g/mol. The lowest BCUT2D eigenvalue weighted by molar-refractivity contribution is -0.122. The summed E-state index contributed by atoms with van der Waals surface area (Å²) >= 11 is 0. The molecular formula is C17H23FN2O2. The van der Waals surface area contributed by atoms with Gasteiger partial charge in [0.2, 0.25) is 5.91 Å². The summed E-state index contributed by atoms with van der Waals surface area (Å²) < 4.78 is 14.5. The number of aryl methyl sites for hydroxylation is 1. The predicted molar refractivity (Wildman–Crippen MR) is 81.9 cm³/mol. The smallest absolute Gasteiger partial charge is 0.220 e. The van der Waals surface area contributed by atoms with Crippen molar-refractivity contribution in [3.63, 3.8) is 0 Å². The summed E-state index contributed by atoms with van der Waals surface area (Å²) in [5.74, 6) is -0.335. The number of β-amino-alcohol motifs (C(OH)–C–C–N with tert-alkyl or cyclic N) is 1. The molecule has 1 saturated heterocycles. The highest BCUT2D eigenvalue weighted by Crippen LogP contribution is 2.26. The number of fused-ring (bicyclic) bond motifs is 1. The Labute approximate surface area is 130 Å². The van der Waals surface area contributed by atoms with E-state index in [0.29, 0.717) is 18.7 Å². The molecule has 0 spiro atoms. The molecule has 2 aliphatic rings. The number of amides is 1. The molecule has 0 saturated carbocycles. The number of rotatable bonds is 4. The SMILES string of the molecule is O=C(C[C@@H]1CNC[C@H]1O)NCc1ccc2c(c1F)CCCC2. The van der Waals surface area contributed by atoms with Crippen molar-refractivity contribution >= 4 is 5.91 Å². The Kier molecular flexibility index (Phi) is 4.74. The molecule has 0 bridgehead atoms. The summed E-state index contributed by atoms with van der Waals surface area (Å²) in [5.41, 5.74) is 2.49. The first-order valence-electron chi connectivity index (χ1n) is 8.09. The van der Waals surface area contributed by atoms with Crippen LogP contribution in [-0.4, -0.2) is 30.2 Å². The van der Waals surface area contributed by atoms with E-state index in [1.807, 2.05) is 6.07 Å². The fourth-order valence-corrected chi connectivity index (χ4v) is 3.40.